The van der Waals surface area contributed by atoms with Gasteiger partial charge in [0.05, 0.1) is 4.90 Å². The van der Waals surface area contributed by atoms with Crippen LogP contribution < -0.4 is 10.5 Å². The van der Waals surface area contributed by atoms with Crippen molar-refractivity contribution in [2.24, 2.45) is 5.73 Å². The summed E-state index contributed by atoms with van der Waals surface area (Å²) in [6.07, 6.45) is 0. The molecule has 0 radical (unpaired) electrons. The van der Waals surface area contributed by atoms with Crippen molar-refractivity contribution in [3.63, 3.8) is 0 Å². The van der Waals surface area contributed by atoms with Crippen LogP contribution in [-0.2, 0) is 14.8 Å². The van der Waals surface area contributed by atoms with Gasteiger partial charge in [0.15, 0.2) is 0 Å². The van der Waals surface area contributed by atoms with E-state index in [0.29, 0.717) is 0 Å². The molecule has 1 atom stereocenters. The molecule has 1 unspecified atom stereocenters. The number of carbonyl (C=O) groups is 1. The van der Waals surface area contributed by atoms with Crippen LogP contribution in [0.2, 0.25) is 0 Å². The van der Waals surface area contributed by atoms with Gasteiger partial charge in [0.2, 0.25) is 10.0 Å². The number of rotatable bonds is 4. The molecule has 1 rings (SSSR count). The number of carboxylic acid groups (broad SMARTS) is 1. The van der Waals surface area contributed by atoms with E-state index in [-0.39, 0.29) is 10.5 Å². The third kappa shape index (κ3) is 2.38. The van der Waals surface area contributed by atoms with Crippen molar-refractivity contribution in [2.45, 2.75) is 10.9 Å². The summed E-state index contributed by atoms with van der Waals surface area (Å²) in [5.41, 5.74) is 5.46. The SMILES string of the molecule is CNS(=O)(=O)c1ccccc1C(N)C(=O)O. The minimum atomic E-state index is -3.70. The lowest BCUT2D eigenvalue weighted by atomic mass is 10.1. The molecule has 1 aromatic carbocycles. The van der Waals surface area contributed by atoms with Gasteiger partial charge in [-0.05, 0) is 13.1 Å². The Morgan fingerprint density at radius 1 is 1.44 bits per heavy atom. The van der Waals surface area contributed by atoms with Crippen molar-refractivity contribution < 1.29 is 18.3 Å². The molecule has 0 saturated heterocycles. The molecule has 4 N–H and O–H groups in total. The van der Waals surface area contributed by atoms with Gasteiger partial charge in [-0.25, -0.2) is 13.1 Å². The van der Waals surface area contributed by atoms with Crippen LogP contribution in [0.4, 0.5) is 0 Å². The van der Waals surface area contributed by atoms with E-state index in [4.69, 9.17) is 10.8 Å². The first-order valence-electron chi connectivity index (χ1n) is 4.41. The zero-order valence-electron chi connectivity index (χ0n) is 8.54. The van der Waals surface area contributed by atoms with Crippen LogP contribution in [0.15, 0.2) is 29.2 Å². The van der Waals surface area contributed by atoms with Crippen LogP contribution in [0.5, 0.6) is 0 Å². The first kappa shape index (κ1) is 12.6. The quantitative estimate of drug-likeness (QED) is 0.672. The normalized spacial score (nSPS) is 13.4. The van der Waals surface area contributed by atoms with Gasteiger partial charge in [-0.15, -0.1) is 0 Å². The Morgan fingerprint density at radius 3 is 2.50 bits per heavy atom. The minimum absolute atomic E-state index is 0.0596. The third-order valence-electron chi connectivity index (χ3n) is 2.08. The summed E-state index contributed by atoms with van der Waals surface area (Å²) in [5, 5.41) is 8.76. The van der Waals surface area contributed by atoms with Crippen molar-refractivity contribution in [2.75, 3.05) is 7.05 Å². The summed E-state index contributed by atoms with van der Waals surface area (Å²) in [4.78, 5) is 10.6. The number of hydrogen-bond acceptors (Lipinski definition) is 4. The summed E-state index contributed by atoms with van der Waals surface area (Å²) >= 11 is 0. The first-order valence-corrected chi connectivity index (χ1v) is 5.89. The van der Waals surface area contributed by atoms with E-state index in [1.54, 1.807) is 0 Å². The van der Waals surface area contributed by atoms with Gasteiger partial charge in [-0.3, -0.25) is 4.79 Å². The summed E-state index contributed by atoms with van der Waals surface area (Å²) in [6.45, 7) is 0. The topological polar surface area (TPSA) is 109 Å². The Morgan fingerprint density at radius 2 is 2.00 bits per heavy atom. The molecule has 0 spiro atoms. The zero-order chi connectivity index (χ0) is 12.3. The Balaban J connectivity index is 3.37. The van der Waals surface area contributed by atoms with Gasteiger partial charge in [-0.1, -0.05) is 18.2 Å². The molecule has 0 aliphatic rings. The number of nitrogens with one attached hydrogen (secondary N) is 1. The largest absolute Gasteiger partial charge is 0.480 e. The molecule has 0 aromatic heterocycles. The predicted molar refractivity (Wildman–Crippen MR) is 57.3 cm³/mol. The Labute approximate surface area is 93.1 Å². The van der Waals surface area contributed by atoms with Gasteiger partial charge in [0, 0.05) is 5.56 Å². The Hall–Kier alpha value is -1.44. The van der Waals surface area contributed by atoms with E-state index < -0.39 is 22.0 Å². The highest BCUT2D eigenvalue weighted by molar-refractivity contribution is 7.89. The molecule has 16 heavy (non-hydrogen) atoms. The zero-order valence-corrected chi connectivity index (χ0v) is 9.36. The molecule has 0 aliphatic heterocycles. The molecule has 6 nitrogen and oxygen atoms in total. The van der Waals surface area contributed by atoms with Gasteiger partial charge >= 0.3 is 5.97 Å². The maximum atomic E-state index is 11.6. The fraction of sp³-hybridized carbons (Fsp3) is 0.222. The van der Waals surface area contributed by atoms with Gasteiger partial charge < -0.3 is 10.8 Å². The monoisotopic (exact) mass is 244 g/mol. The molecule has 0 heterocycles. The number of nitrogens with two attached hydrogens (primary N) is 1. The lowest BCUT2D eigenvalue weighted by Gasteiger charge is -2.12. The maximum Gasteiger partial charge on any atom is 0.325 e. The van der Waals surface area contributed by atoms with Crippen molar-refractivity contribution in [3.8, 4) is 0 Å². The van der Waals surface area contributed by atoms with Gasteiger partial charge in [0.1, 0.15) is 6.04 Å². The molecule has 1 aromatic rings. The number of sulfonamides is 1. The van der Waals surface area contributed by atoms with Crippen molar-refractivity contribution in [1.29, 1.82) is 0 Å². The van der Waals surface area contributed by atoms with Crippen LogP contribution in [0.3, 0.4) is 0 Å². The van der Waals surface area contributed by atoms with Crippen LogP contribution >= 0.6 is 0 Å². The first-order chi connectivity index (χ1) is 7.40. The van der Waals surface area contributed by atoms with Crippen LogP contribution in [0.25, 0.3) is 0 Å². The molecule has 0 saturated carbocycles. The average molecular weight is 244 g/mol. The Kier molecular flexibility index (Phi) is 3.63. The summed E-state index contributed by atoms with van der Waals surface area (Å²) in [5.74, 6) is -1.28. The highest BCUT2D eigenvalue weighted by Gasteiger charge is 2.23. The molecule has 0 aliphatic carbocycles. The minimum Gasteiger partial charge on any atom is -0.480 e. The maximum absolute atomic E-state index is 11.6. The molecular weight excluding hydrogens is 232 g/mol. The fourth-order valence-electron chi connectivity index (χ4n) is 1.23. The standard InChI is InChI=1S/C9H12N2O4S/c1-11-16(14,15)7-5-3-2-4-6(7)8(10)9(12)13/h2-5,8,11H,10H2,1H3,(H,12,13). The van der Waals surface area contributed by atoms with Crippen molar-refractivity contribution in [3.05, 3.63) is 29.8 Å². The molecule has 0 fully saturated rings. The van der Waals surface area contributed by atoms with Crippen LogP contribution in [-0.4, -0.2) is 26.5 Å². The second-order valence-electron chi connectivity index (χ2n) is 3.06. The molecule has 0 amide bonds. The summed E-state index contributed by atoms with van der Waals surface area (Å²) < 4.78 is 25.3. The number of aliphatic carboxylic acids is 1. The highest BCUT2D eigenvalue weighted by atomic mass is 32.2. The van der Waals surface area contributed by atoms with Crippen molar-refractivity contribution >= 4 is 16.0 Å². The van der Waals surface area contributed by atoms with E-state index in [1.807, 2.05) is 0 Å². The summed E-state index contributed by atoms with van der Waals surface area (Å²) in [7, 11) is -2.45. The predicted octanol–water partition coefficient (Wildman–Crippen LogP) is -0.321. The smallest absolute Gasteiger partial charge is 0.325 e. The molecule has 7 heteroatoms. The van der Waals surface area contributed by atoms with E-state index >= 15 is 0 Å². The number of carboxylic acids is 1. The molecule has 88 valence electrons. The summed E-state index contributed by atoms with van der Waals surface area (Å²) in [6, 6.07) is 4.36. The van der Waals surface area contributed by atoms with E-state index in [1.165, 1.54) is 31.3 Å². The Bertz CT molecular complexity index is 498. The van der Waals surface area contributed by atoms with E-state index in [0.717, 1.165) is 0 Å². The third-order valence-corrected chi connectivity index (χ3v) is 3.57. The average Bonchev–Trinajstić information content (AvgIpc) is 2.28. The van der Waals surface area contributed by atoms with Crippen molar-refractivity contribution in [1.82, 2.24) is 4.72 Å². The lowest BCUT2D eigenvalue weighted by molar-refractivity contribution is -0.138. The van der Waals surface area contributed by atoms with E-state index in [9.17, 15) is 13.2 Å². The van der Waals surface area contributed by atoms with Gasteiger partial charge in [0.25, 0.3) is 0 Å². The second kappa shape index (κ2) is 4.60. The van der Waals surface area contributed by atoms with E-state index in [2.05, 4.69) is 4.72 Å². The second-order valence-corrected chi connectivity index (χ2v) is 4.92. The van der Waals surface area contributed by atoms with Gasteiger partial charge in [-0.2, -0.15) is 0 Å². The fourth-order valence-corrected chi connectivity index (χ4v) is 2.21. The highest BCUT2D eigenvalue weighted by Crippen LogP contribution is 2.20. The number of benzene rings is 1. The van der Waals surface area contributed by atoms with Crippen LogP contribution in [0, 0.1) is 0 Å². The van der Waals surface area contributed by atoms with Crippen LogP contribution in [0.1, 0.15) is 11.6 Å². The molecular formula is C9H12N2O4S. The number of hydrogen-bond donors (Lipinski definition) is 3. The lowest BCUT2D eigenvalue weighted by Crippen LogP contribution is -2.26. The molecule has 0 bridgehead atoms.